The Balaban J connectivity index is 1.21. The second kappa shape index (κ2) is 15.0. The van der Waals surface area contributed by atoms with Crippen molar-refractivity contribution in [1.29, 1.82) is 0 Å². The van der Waals surface area contributed by atoms with E-state index >= 15 is 0 Å². The van der Waals surface area contributed by atoms with Gasteiger partial charge in [0.25, 0.3) is 0 Å². The molecule has 2 aliphatic rings. The number of nitrogens with two attached hydrogens (primary N) is 1. The summed E-state index contributed by atoms with van der Waals surface area (Å²) in [4.78, 5) is 47.8. The molecule has 0 aliphatic carbocycles. The fraction of sp³-hybridized carbons (Fsp3) is 0.371. The third-order valence-electron chi connectivity index (χ3n) is 9.20. The maximum Gasteiger partial charge on any atom is 0.322 e. The van der Waals surface area contributed by atoms with Crippen LogP contribution in [0.3, 0.4) is 0 Å². The van der Waals surface area contributed by atoms with E-state index in [1.807, 2.05) is 64.4 Å². The molecule has 0 radical (unpaired) electrons. The van der Waals surface area contributed by atoms with Crippen molar-refractivity contribution in [2.24, 2.45) is 0 Å². The summed E-state index contributed by atoms with van der Waals surface area (Å²) >= 11 is 7.12. The lowest BCUT2D eigenvalue weighted by Crippen LogP contribution is -2.52. The zero-order chi connectivity index (χ0) is 33.8. The number of likely N-dealkylation sites (tertiary alicyclic amines) is 1. The van der Waals surface area contributed by atoms with Crippen LogP contribution in [0.1, 0.15) is 48.7 Å². The zero-order valence-electron chi connectivity index (χ0n) is 26.8. The Morgan fingerprint density at radius 3 is 2.52 bits per heavy atom. The van der Waals surface area contributed by atoms with Crippen LogP contribution in [0.25, 0.3) is 11.0 Å². The van der Waals surface area contributed by atoms with E-state index in [0.717, 1.165) is 43.2 Å². The van der Waals surface area contributed by atoms with Gasteiger partial charge in [0.05, 0.1) is 29.9 Å². The molecule has 1 fully saturated rings. The van der Waals surface area contributed by atoms with Gasteiger partial charge in [-0.05, 0) is 99.0 Å². The zero-order valence-corrected chi connectivity index (χ0v) is 29.9. The van der Waals surface area contributed by atoms with Gasteiger partial charge < -0.3 is 35.5 Å². The average molecular weight is 782 g/mol. The number of halogens is 2. The fourth-order valence-corrected chi connectivity index (χ4v) is 7.92. The number of para-hydroxylation sites is 3. The largest absolute Gasteiger partial charge is 0.469 e. The van der Waals surface area contributed by atoms with Crippen LogP contribution in [0.15, 0.2) is 69.6 Å². The van der Waals surface area contributed by atoms with E-state index in [-0.39, 0.29) is 30.5 Å². The Hall–Kier alpha value is -4.10. The van der Waals surface area contributed by atoms with E-state index in [1.165, 1.54) is 7.11 Å². The number of hydrogen-bond donors (Lipinski definition) is 3. The van der Waals surface area contributed by atoms with Crippen LogP contribution in [0.2, 0.25) is 0 Å². The van der Waals surface area contributed by atoms with Gasteiger partial charge in [-0.3, -0.25) is 4.79 Å². The second-order valence-electron chi connectivity index (χ2n) is 12.2. The molecular weight excluding hydrogens is 742 g/mol. The number of aromatic nitrogens is 2. The van der Waals surface area contributed by atoms with Crippen molar-refractivity contribution in [3.05, 3.63) is 86.6 Å². The van der Waals surface area contributed by atoms with E-state index in [0.29, 0.717) is 63.4 Å². The van der Waals surface area contributed by atoms with Crippen LogP contribution in [-0.2, 0) is 28.9 Å². The predicted molar refractivity (Wildman–Crippen MR) is 193 cm³/mol. The lowest BCUT2D eigenvalue weighted by atomic mass is 10.0. The lowest BCUT2D eigenvalue weighted by Gasteiger charge is -2.38. The molecule has 0 spiro atoms. The molecule has 1 unspecified atom stereocenters. The van der Waals surface area contributed by atoms with Gasteiger partial charge in [-0.25, -0.2) is 14.6 Å². The third kappa shape index (κ3) is 7.46. The molecule has 48 heavy (non-hydrogen) atoms. The van der Waals surface area contributed by atoms with E-state index in [2.05, 4.69) is 53.1 Å². The first kappa shape index (κ1) is 33.8. The molecular formula is C35H39Br2N7O4. The normalized spacial score (nSPS) is 15.9. The van der Waals surface area contributed by atoms with Crippen molar-refractivity contribution in [2.75, 3.05) is 37.8 Å². The molecule has 0 saturated carbocycles. The van der Waals surface area contributed by atoms with Gasteiger partial charge in [-0.1, -0.05) is 30.3 Å². The molecule has 13 heteroatoms. The predicted octanol–water partition coefficient (Wildman–Crippen LogP) is 6.64. The number of ether oxygens (including phenoxy) is 1. The first-order chi connectivity index (χ1) is 23.2. The number of amides is 4. The van der Waals surface area contributed by atoms with Crippen LogP contribution >= 0.6 is 31.9 Å². The first-order valence-corrected chi connectivity index (χ1v) is 17.8. The smallest absolute Gasteiger partial charge is 0.322 e. The molecule has 1 atom stereocenters. The van der Waals surface area contributed by atoms with E-state index in [4.69, 9.17) is 15.5 Å². The number of methoxy groups -OCH3 is 1. The Kier molecular flexibility index (Phi) is 10.5. The summed E-state index contributed by atoms with van der Waals surface area (Å²) in [5.74, 6) is 0.433. The number of carbonyl (C=O) groups is 3. The molecule has 2 aliphatic heterocycles. The van der Waals surface area contributed by atoms with Gasteiger partial charge in [0.1, 0.15) is 5.82 Å². The minimum absolute atomic E-state index is 0.0441. The highest BCUT2D eigenvalue weighted by Crippen LogP contribution is 2.33. The SMILES string of the molecule is COC(=O)CCCn1c(C(Cc2cc(Br)c(N)c(Br)c2)NC(=O)N2CCC(N3CCc4ccccc4NC3=O)CC2)nc2ccccc21. The van der Waals surface area contributed by atoms with Gasteiger partial charge >= 0.3 is 18.0 Å². The number of carbonyl (C=O) groups excluding carboxylic acids is 3. The van der Waals surface area contributed by atoms with Gasteiger partial charge in [-0.2, -0.15) is 0 Å². The van der Waals surface area contributed by atoms with Gasteiger partial charge in [0, 0.05) is 59.7 Å². The Bertz CT molecular complexity index is 1800. The number of benzene rings is 3. The molecule has 4 aromatic rings. The lowest BCUT2D eigenvalue weighted by molar-refractivity contribution is -0.140. The molecule has 6 rings (SSSR count). The standard InChI is InChI=1S/C35H39Br2N7O4/c1-48-31(45)11-6-15-44-30-10-5-4-9-28(30)39-33(44)29(21-22-19-25(36)32(38)26(37)20-22)41-34(46)42-16-13-24(14-17-42)43-18-12-23-7-2-3-8-27(23)40-35(43)47/h2-5,7-10,19-20,24,29H,6,11-18,21,38H2,1H3,(H,40,47)(H,41,46). The van der Waals surface area contributed by atoms with Crippen LogP contribution in [0, 0.1) is 0 Å². The number of imidazole rings is 1. The highest BCUT2D eigenvalue weighted by atomic mass is 79.9. The topological polar surface area (TPSA) is 135 Å². The third-order valence-corrected chi connectivity index (χ3v) is 10.5. The molecule has 1 saturated heterocycles. The molecule has 3 aromatic carbocycles. The summed E-state index contributed by atoms with van der Waals surface area (Å²) in [6.07, 6.45) is 3.44. The number of piperidine rings is 1. The molecule has 3 heterocycles. The summed E-state index contributed by atoms with van der Waals surface area (Å²) in [5, 5.41) is 6.37. The van der Waals surface area contributed by atoms with Gasteiger partial charge in [-0.15, -0.1) is 0 Å². The molecule has 11 nitrogen and oxygen atoms in total. The molecule has 1 aromatic heterocycles. The van der Waals surface area contributed by atoms with Crippen molar-refractivity contribution < 1.29 is 19.1 Å². The highest BCUT2D eigenvalue weighted by Gasteiger charge is 2.33. The molecule has 0 bridgehead atoms. The van der Waals surface area contributed by atoms with Crippen molar-refractivity contribution in [2.45, 2.75) is 57.2 Å². The maximum atomic E-state index is 14.0. The van der Waals surface area contributed by atoms with Gasteiger partial charge in [0.15, 0.2) is 0 Å². The summed E-state index contributed by atoms with van der Waals surface area (Å²) < 4.78 is 8.47. The van der Waals surface area contributed by atoms with Crippen molar-refractivity contribution >= 4 is 72.3 Å². The van der Waals surface area contributed by atoms with E-state index in [1.54, 1.807) is 0 Å². The highest BCUT2D eigenvalue weighted by molar-refractivity contribution is 9.11. The molecule has 4 N–H and O–H groups in total. The van der Waals surface area contributed by atoms with Crippen molar-refractivity contribution in [1.82, 2.24) is 24.7 Å². The minimum atomic E-state index is -0.488. The number of nitrogen functional groups attached to an aromatic ring is 1. The number of aryl methyl sites for hydroxylation is 1. The second-order valence-corrected chi connectivity index (χ2v) is 13.9. The summed E-state index contributed by atoms with van der Waals surface area (Å²) in [5.41, 5.74) is 11.5. The van der Waals surface area contributed by atoms with Gasteiger partial charge in [0.2, 0.25) is 0 Å². The van der Waals surface area contributed by atoms with E-state index < -0.39 is 6.04 Å². The Morgan fingerprint density at radius 1 is 1.06 bits per heavy atom. The van der Waals surface area contributed by atoms with Crippen LogP contribution < -0.4 is 16.4 Å². The van der Waals surface area contributed by atoms with Crippen molar-refractivity contribution in [3.63, 3.8) is 0 Å². The van der Waals surface area contributed by atoms with Crippen molar-refractivity contribution in [3.8, 4) is 0 Å². The number of hydrogen-bond acceptors (Lipinski definition) is 6. The minimum Gasteiger partial charge on any atom is -0.469 e. The number of anilines is 2. The Labute approximate surface area is 296 Å². The first-order valence-electron chi connectivity index (χ1n) is 16.2. The average Bonchev–Trinajstić information content (AvgIpc) is 3.36. The Morgan fingerprint density at radius 2 is 1.77 bits per heavy atom. The fourth-order valence-electron chi connectivity index (χ4n) is 6.64. The van der Waals surface area contributed by atoms with Crippen LogP contribution in [-0.4, -0.2) is 70.2 Å². The monoisotopic (exact) mass is 779 g/mol. The number of esters is 1. The molecule has 4 amide bonds. The van der Waals surface area contributed by atoms with E-state index in [9.17, 15) is 14.4 Å². The maximum absolute atomic E-state index is 14.0. The number of rotatable bonds is 9. The van der Waals surface area contributed by atoms with Crippen LogP contribution in [0.4, 0.5) is 21.0 Å². The summed E-state index contributed by atoms with van der Waals surface area (Å²) in [6.45, 7) is 2.21. The van der Waals surface area contributed by atoms with Crippen LogP contribution in [0.5, 0.6) is 0 Å². The quantitative estimate of drug-likeness (QED) is 0.129. The summed E-state index contributed by atoms with van der Waals surface area (Å²) in [7, 11) is 1.39. The molecule has 252 valence electrons. The number of fused-ring (bicyclic) bond motifs is 2. The number of urea groups is 2. The number of nitrogens with one attached hydrogen (secondary N) is 2. The summed E-state index contributed by atoms with van der Waals surface area (Å²) in [6, 6.07) is 19.0. The number of nitrogens with zero attached hydrogens (tertiary/aromatic N) is 4.